The van der Waals surface area contributed by atoms with Gasteiger partial charge in [-0.15, -0.1) is 0 Å². The molecule has 20 rings (SSSR count). The molecule has 0 spiro atoms. The Balaban J connectivity index is 0.737. The molecule has 448 valence electrons. The van der Waals surface area contributed by atoms with Gasteiger partial charge in [0.05, 0.1) is 90.0 Å². The fourth-order valence-corrected chi connectivity index (χ4v) is 15.3. The molecule has 0 radical (unpaired) electrons. The fourth-order valence-electron chi connectivity index (χ4n) is 15.3. The molecule has 0 saturated carbocycles. The van der Waals surface area contributed by atoms with Crippen molar-refractivity contribution in [2.24, 2.45) is 0 Å². The van der Waals surface area contributed by atoms with Crippen molar-refractivity contribution in [1.82, 2.24) is 38.2 Å². The summed E-state index contributed by atoms with van der Waals surface area (Å²) in [7, 11) is 0. The summed E-state index contributed by atoms with van der Waals surface area (Å²) < 4.78 is 9.44. The maximum absolute atomic E-state index is 5.43. The Morgan fingerprint density at radius 1 is 0.188 bits per heavy atom. The van der Waals surface area contributed by atoms with E-state index in [0.717, 1.165) is 134 Å². The number of benzene rings is 13. The molecule has 7 aromatic heterocycles. The summed E-state index contributed by atoms with van der Waals surface area (Å²) in [6, 6.07) is 109. The second kappa shape index (κ2) is 21.2. The first-order valence-corrected chi connectivity index (χ1v) is 32.4. The van der Waals surface area contributed by atoms with Crippen molar-refractivity contribution in [2.75, 3.05) is 9.80 Å². The highest BCUT2D eigenvalue weighted by Crippen LogP contribution is 2.45. The molecule has 0 N–H and O–H groups in total. The average molecular weight is 1230 g/mol. The van der Waals surface area contributed by atoms with E-state index in [1.807, 2.05) is 12.4 Å². The van der Waals surface area contributed by atoms with Gasteiger partial charge in [-0.05, 0) is 158 Å². The van der Waals surface area contributed by atoms with Crippen LogP contribution in [0.5, 0.6) is 0 Å². The fraction of sp³-hybridized carbons (Fsp3) is 0. The van der Waals surface area contributed by atoms with Gasteiger partial charge in [0.1, 0.15) is 0 Å². The summed E-state index contributed by atoms with van der Waals surface area (Å²) in [6.07, 6.45) is 7.51. The molecule has 0 saturated heterocycles. The zero-order chi connectivity index (χ0) is 63.0. The van der Waals surface area contributed by atoms with Crippen molar-refractivity contribution in [1.29, 1.82) is 0 Å². The van der Waals surface area contributed by atoms with E-state index in [1.165, 1.54) is 43.1 Å². The van der Waals surface area contributed by atoms with Crippen molar-refractivity contribution in [3.63, 3.8) is 0 Å². The molecule has 0 aliphatic rings. The quantitative estimate of drug-likeness (QED) is 0.127. The number of hydrogen-bond donors (Lipinski definition) is 0. The van der Waals surface area contributed by atoms with Crippen molar-refractivity contribution in [3.05, 3.63) is 328 Å². The monoisotopic (exact) mass is 1230 g/mol. The summed E-state index contributed by atoms with van der Waals surface area (Å²) in [5, 5.41) is 11.5. The Morgan fingerprint density at radius 2 is 0.385 bits per heavy atom. The molecule has 0 fully saturated rings. The minimum absolute atomic E-state index is 0.731. The van der Waals surface area contributed by atoms with E-state index in [0.29, 0.717) is 0 Å². The topological polar surface area (TPSA) is 77.8 Å². The van der Waals surface area contributed by atoms with Crippen LogP contribution in [0.3, 0.4) is 0 Å². The third kappa shape index (κ3) is 8.12. The van der Waals surface area contributed by atoms with E-state index in [2.05, 4.69) is 331 Å². The van der Waals surface area contributed by atoms with Gasteiger partial charge in [-0.3, -0.25) is 19.9 Å². The average Bonchev–Trinajstić information content (AvgIpc) is 1.03. The second-order valence-electron chi connectivity index (χ2n) is 24.6. The van der Waals surface area contributed by atoms with Gasteiger partial charge in [-0.25, -0.2) is 0 Å². The Hall–Kier alpha value is -13.2. The molecule has 20 aromatic rings. The van der Waals surface area contributed by atoms with Crippen molar-refractivity contribution in [3.8, 4) is 22.7 Å². The molecule has 96 heavy (non-hydrogen) atoms. The normalized spacial score (nSPS) is 12.0. The Morgan fingerprint density at radius 3 is 0.604 bits per heavy atom. The van der Waals surface area contributed by atoms with Gasteiger partial charge in [0.15, 0.2) is 0 Å². The van der Waals surface area contributed by atoms with Gasteiger partial charge in [0.2, 0.25) is 0 Å². The van der Waals surface area contributed by atoms with Crippen LogP contribution in [0, 0.1) is 0 Å². The van der Waals surface area contributed by atoms with E-state index in [4.69, 9.17) is 19.9 Å². The van der Waals surface area contributed by atoms with Crippen LogP contribution in [0.4, 0.5) is 34.1 Å². The third-order valence-electron chi connectivity index (χ3n) is 19.5. The van der Waals surface area contributed by atoms with Crippen LogP contribution in [0.2, 0.25) is 0 Å². The molecule has 0 unspecified atom stereocenters. The van der Waals surface area contributed by atoms with Crippen LogP contribution in [0.1, 0.15) is 0 Å². The van der Waals surface area contributed by atoms with Gasteiger partial charge in [-0.2, -0.15) is 0 Å². The molecule has 0 atom stereocenters. The molecule has 10 heteroatoms. The summed E-state index contributed by atoms with van der Waals surface area (Å²) in [5.41, 5.74) is 22.1. The summed E-state index contributed by atoms with van der Waals surface area (Å²) >= 11 is 0. The zero-order valence-corrected chi connectivity index (χ0v) is 51.6. The largest absolute Gasteiger partial charge is 0.309 e. The Kier molecular flexibility index (Phi) is 11.8. The second-order valence-corrected chi connectivity index (χ2v) is 24.6. The van der Waals surface area contributed by atoms with Gasteiger partial charge in [-0.1, -0.05) is 146 Å². The Bertz CT molecular complexity index is 5570. The molecule has 0 amide bonds. The minimum atomic E-state index is 0.731. The molecule has 0 aliphatic carbocycles. The molecule has 10 nitrogen and oxygen atoms in total. The predicted octanol–water partition coefficient (Wildman–Crippen LogP) is 22.1. The highest BCUT2D eigenvalue weighted by Gasteiger charge is 2.24. The molecule has 13 aromatic carbocycles. The smallest absolute Gasteiger partial charge is 0.0989 e. The number of fused-ring (bicyclic) bond motifs is 18. The predicted molar refractivity (Wildman–Crippen MR) is 397 cm³/mol. The van der Waals surface area contributed by atoms with Crippen LogP contribution < -0.4 is 9.80 Å². The first-order valence-electron chi connectivity index (χ1n) is 32.4. The van der Waals surface area contributed by atoms with Gasteiger partial charge >= 0.3 is 0 Å². The van der Waals surface area contributed by atoms with Gasteiger partial charge in [0, 0.05) is 112 Å². The highest BCUT2D eigenvalue weighted by molar-refractivity contribution is 6.22. The third-order valence-corrected chi connectivity index (χ3v) is 19.5. The number of aromatic nitrogens is 8. The molecular formula is C86H54N10. The number of rotatable bonds is 10. The van der Waals surface area contributed by atoms with E-state index in [-0.39, 0.29) is 0 Å². The highest BCUT2D eigenvalue weighted by atomic mass is 15.2. The number of para-hydroxylation sites is 8. The zero-order valence-electron chi connectivity index (χ0n) is 51.6. The van der Waals surface area contributed by atoms with Crippen LogP contribution in [0.15, 0.2) is 328 Å². The molecular weight excluding hydrogens is 1170 g/mol. The van der Waals surface area contributed by atoms with E-state index in [9.17, 15) is 0 Å². The lowest BCUT2D eigenvalue weighted by molar-refractivity contribution is 1.16. The summed E-state index contributed by atoms with van der Waals surface area (Å²) in [5.74, 6) is 0. The lowest BCUT2D eigenvalue weighted by atomic mass is 10.1. The minimum Gasteiger partial charge on any atom is -0.309 e. The van der Waals surface area contributed by atoms with Crippen LogP contribution in [-0.2, 0) is 0 Å². The van der Waals surface area contributed by atoms with Crippen LogP contribution >= 0.6 is 0 Å². The molecule has 7 heterocycles. The summed E-state index contributed by atoms with van der Waals surface area (Å²) in [6.45, 7) is 0. The number of pyridine rings is 2. The lowest BCUT2D eigenvalue weighted by Crippen LogP contribution is -2.11. The van der Waals surface area contributed by atoms with E-state index in [1.54, 1.807) is 12.4 Å². The van der Waals surface area contributed by atoms with Crippen molar-refractivity contribution < 1.29 is 0 Å². The van der Waals surface area contributed by atoms with Gasteiger partial charge < -0.3 is 28.1 Å². The summed E-state index contributed by atoms with van der Waals surface area (Å²) in [4.78, 5) is 25.8. The van der Waals surface area contributed by atoms with Crippen LogP contribution in [0.25, 0.3) is 143 Å². The first kappa shape index (κ1) is 53.5. The number of anilines is 6. The Labute approximate surface area is 549 Å². The SMILES string of the molecule is c1ccc2c(c1)c1ccccc1n2-c1ccc(N(c2ccc(-n3c4ccccc4c4ccccc43)cc2)c2cnc3c(c2)c2nccnc2c2cc(N(c4ccc(-n5c6ccccc6c6ccccc65)cc4)c4ccc(-n5c6ccccc6c6ccccc65)cc4)cnc23)cc1. The maximum atomic E-state index is 5.43. The number of nitrogens with zero attached hydrogens (tertiary/aromatic N) is 10. The lowest BCUT2D eigenvalue weighted by Gasteiger charge is -2.27. The number of hydrogen-bond acceptors (Lipinski definition) is 6. The van der Waals surface area contributed by atoms with Crippen molar-refractivity contribution in [2.45, 2.75) is 0 Å². The standard InChI is InChI=1S/C86H54N10/c1-9-25-75-65(17-1)66-18-2-10-26-76(66)93(75)59-41-33-55(34-42-59)91(56-35-43-60(44-36-56)94-77-27-11-3-19-67(77)68-20-4-12-28-78(68)94)63-51-73-83-84(88-50-49-87-83)74-52-64(54-90-86(74)85(73)89-53-63)92(57-37-45-61(46-38-57)95-79-29-13-5-21-69(79)70-22-6-14-30-80(70)95)58-39-47-62(48-40-58)96-81-31-15-7-23-71(81)72-24-8-16-32-82(72)96/h1-54H. The van der Waals surface area contributed by atoms with E-state index < -0.39 is 0 Å². The van der Waals surface area contributed by atoms with E-state index >= 15 is 0 Å². The van der Waals surface area contributed by atoms with Crippen molar-refractivity contribution >= 4 is 154 Å². The van der Waals surface area contributed by atoms with Crippen LogP contribution in [-0.4, -0.2) is 38.2 Å². The molecule has 0 bridgehead atoms. The maximum Gasteiger partial charge on any atom is 0.0989 e. The van der Waals surface area contributed by atoms with Gasteiger partial charge in [0.25, 0.3) is 0 Å². The molecule has 0 aliphatic heterocycles. The first-order chi connectivity index (χ1) is 47.6.